The molecule has 268 valence electrons. The van der Waals surface area contributed by atoms with Crippen LogP contribution in [0.4, 0.5) is 5.69 Å². The number of anilines is 1. The highest BCUT2D eigenvalue weighted by molar-refractivity contribution is 6.23. The Morgan fingerprint density at radius 1 is 0.849 bits per heavy atom. The number of aromatic nitrogens is 3. The van der Waals surface area contributed by atoms with Gasteiger partial charge in [-0.1, -0.05) is 43.3 Å². The van der Waals surface area contributed by atoms with Crippen LogP contribution in [0.2, 0.25) is 0 Å². The third-order valence-corrected chi connectivity index (χ3v) is 10.1. The van der Waals surface area contributed by atoms with Crippen molar-refractivity contribution >= 4 is 29.3 Å². The molecule has 2 aliphatic heterocycles. The van der Waals surface area contributed by atoms with Crippen molar-refractivity contribution < 1.29 is 33.2 Å². The zero-order chi connectivity index (χ0) is 36.9. The molecule has 1 saturated heterocycles. The quantitative estimate of drug-likeness (QED) is 0.164. The number of aryl methyl sites for hydroxylation is 1. The van der Waals surface area contributed by atoms with Gasteiger partial charge in [-0.25, -0.2) is 4.98 Å². The number of rotatable bonds is 10. The van der Waals surface area contributed by atoms with Crippen LogP contribution in [0.3, 0.4) is 0 Å². The lowest BCUT2D eigenvalue weighted by Gasteiger charge is -2.36. The number of carbonyl (C=O) groups is 4. The van der Waals surface area contributed by atoms with E-state index in [2.05, 4.69) is 63.9 Å². The number of amides is 4. The second kappa shape index (κ2) is 13.3. The number of ether oxygens (including phenoxy) is 2. The average Bonchev–Trinajstić information content (AvgIpc) is 3.68. The van der Waals surface area contributed by atoms with Crippen LogP contribution in [0.1, 0.15) is 77.2 Å². The smallest absolute Gasteiger partial charge is 0.276 e. The fourth-order valence-corrected chi connectivity index (χ4v) is 6.93. The first-order valence-corrected chi connectivity index (χ1v) is 17.5. The molecule has 4 heterocycles. The summed E-state index contributed by atoms with van der Waals surface area (Å²) in [4.78, 5) is 59.6. The Bertz CT molecular complexity index is 2230. The van der Waals surface area contributed by atoms with Crippen molar-refractivity contribution in [2.45, 2.75) is 70.1 Å². The number of hydrogen-bond donors (Lipinski definition) is 2. The van der Waals surface area contributed by atoms with E-state index in [9.17, 15) is 19.2 Å². The maximum absolute atomic E-state index is 13.2. The average molecular weight is 713 g/mol. The van der Waals surface area contributed by atoms with Crippen LogP contribution in [0.5, 0.6) is 17.2 Å². The number of nitrogens with zero attached hydrogens (tertiary/aromatic N) is 4. The number of pyridine rings is 1. The summed E-state index contributed by atoms with van der Waals surface area (Å²) in [6.07, 6.45) is 3.40. The fourth-order valence-electron chi connectivity index (χ4n) is 6.93. The maximum Gasteiger partial charge on any atom is 0.276 e. The fraction of sp³-hybridized carbons (Fsp3) is 0.275. The molecule has 3 aliphatic rings. The van der Waals surface area contributed by atoms with Crippen LogP contribution in [0.25, 0.3) is 11.6 Å². The molecular weight excluding hydrogens is 676 g/mol. The minimum absolute atomic E-state index is 0.0361. The SMILES string of the molecule is Cc1noc(-c2ccc(Oc3ccc(C(C)(C)c4ccc(O[C@H]5C[C@H](Nc6ccc7c(c6)C(=O)N(C6CCC(=O)NC6=O)C7=O)C5)cc4)cc3)cn2)n1. The molecular formula is C40H36N6O7. The van der Waals surface area contributed by atoms with Gasteiger partial charge in [0.1, 0.15) is 35.1 Å². The minimum atomic E-state index is -0.989. The summed E-state index contributed by atoms with van der Waals surface area (Å²) >= 11 is 0. The van der Waals surface area contributed by atoms with Gasteiger partial charge in [0.15, 0.2) is 5.82 Å². The Morgan fingerprint density at radius 2 is 1.53 bits per heavy atom. The Balaban J connectivity index is 0.829. The third kappa shape index (κ3) is 6.61. The predicted octanol–water partition coefficient (Wildman–Crippen LogP) is 5.98. The molecule has 1 saturated carbocycles. The summed E-state index contributed by atoms with van der Waals surface area (Å²) in [5, 5.41) is 9.45. The van der Waals surface area contributed by atoms with Gasteiger partial charge in [0.05, 0.1) is 17.3 Å². The third-order valence-electron chi connectivity index (χ3n) is 10.1. The van der Waals surface area contributed by atoms with Crippen LogP contribution in [-0.4, -0.2) is 61.8 Å². The standard InChI is InChI=1S/C40H36N6O7/c1-22-42-37(53-45-22)33-15-13-29(21-41-33)51-27-9-4-23(5-10-27)40(2,3)24-6-11-28(12-7-24)52-30-18-26(19-30)43-25-8-14-31-32(20-25)39(50)46(38(31)49)34-16-17-35(47)44-36(34)48/h4-15,20-21,26,30,34,43H,16-19H2,1-3H3,(H,44,47,48)/t26-,30-,34?. The highest BCUT2D eigenvalue weighted by Gasteiger charge is 2.45. The molecule has 2 N–H and O–H groups in total. The van der Waals surface area contributed by atoms with Crippen LogP contribution in [0.15, 0.2) is 89.6 Å². The van der Waals surface area contributed by atoms with Crippen molar-refractivity contribution in [2.75, 3.05) is 5.32 Å². The number of imide groups is 2. The number of fused-ring (bicyclic) bond motifs is 1. The number of carbonyl (C=O) groups excluding carboxylic acids is 4. The van der Waals surface area contributed by atoms with E-state index < -0.39 is 29.7 Å². The molecule has 4 amide bonds. The topological polar surface area (TPSA) is 166 Å². The Kier molecular flexibility index (Phi) is 8.48. The molecule has 1 aliphatic carbocycles. The molecule has 0 bridgehead atoms. The molecule has 5 aromatic rings. The maximum atomic E-state index is 13.2. The molecule has 13 heteroatoms. The summed E-state index contributed by atoms with van der Waals surface area (Å²) in [6, 6.07) is 24.0. The van der Waals surface area contributed by atoms with E-state index in [1.165, 1.54) is 0 Å². The number of benzene rings is 3. The van der Waals surface area contributed by atoms with Gasteiger partial charge in [0.2, 0.25) is 11.8 Å². The van der Waals surface area contributed by atoms with Crippen molar-refractivity contribution in [2.24, 2.45) is 0 Å². The van der Waals surface area contributed by atoms with Gasteiger partial charge < -0.3 is 19.3 Å². The summed E-state index contributed by atoms with van der Waals surface area (Å²) in [5.74, 6) is 0.924. The number of piperidine rings is 1. The number of hydrogen-bond acceptors (Lipinski definition) is 11. The van der Waals surface area contributed by atoms with Crippen LogP contribution in [-0.2, 0) is 15.0 Å². The highest BCUT2D eigenvalue weighted by atomic mass is 16.5. The van der Waals surface area contributed by atoms with E-state index in [1.807, 2.05) is 30.3 Å². The van der Waals surface area contributed by atoms with Crippen molar-refractivity contribution in [1.29, 1.82) is 0 Å². The molecule has 2 aromatic heterocycles. The zero-order valence-corrected chi connectivity index (χ0v) is 29.3. The number of nitrogens with one attached hydrogen (secondary N) is 2. The Labute approximate surface area is 304 Å². The van der Waals surface area contributed by atoms with Gasteiger partial charge in [0, 0.05) is 36.4 Å². The van der Waals surface area contributed by atoms with Gasteiger partial charge in [-0.15, -0.1) is 0 Å². The second-order valence-electron chi connectivity index (χ2n) is 14.1. The first kappa shape index (κ1) is 33.8. The molecule has 1 atom stereocenters. The molecule has 8 rings (SSSR count). The van der Waals surface area contributed by atoms with Crippen molar-refractivity contribution in [1.82, 2.24) is 25.3 Å². The summed E-state index contributed by atoms with van der Waals surface area (Å²) in [7, 11) is 0. The van der Waals surface area contributed by atoms with Gasteiger partial charge in [-0.2, -0.15) is 4.98 Å². The summed E-state index contributed by atoms with van der Waals surface area (Å²) < 4.78 is 17.5. The molecule has 0 spiro atoms. The van der Waals surface area contributed by atoms with E-state index >= 15 is 0 Å². The van der Waals surface area contributed by atoms with Gasteiger partial charge in [-0.3, -0.25) is 29.4 Å². The van der Waals surface area contributed by atoms with Crippen LogP contribution >= 0.6 is 0 Å². The Hall–Kier alpha value is -6.37. The van der Waals surface area contributed by atoms with Gasteiger partial charge in [0.25, 0.3) is 17.7 Å². The zero-order valence-electron chi connectivity index (χ0n) is 29.3. The second-order valence-corrected chi connectivity index (χ2v) is 14.1. The first-order chi connectivity index (χ1) is 25.5. The lowest BCUT2D eigenvalue weighted by atomic mass is 9.78. The Morgan fingerprint density at radius 3 is 2.17 bits per heavy atom. The van der Waals surface area contributed by atoms with E-state index in [1.54, 1.807) is 37.4 Å². The summed E-state index contributed by atoms with van der Waals surface area (Å²) in [6.45, 7) is 6.11. The van der Waals surface area contributed by atoms with E-state index in [-0.39, 0.29) is 41.5 Å². The van der Waals surface area contributed by atoms with Gasteiger partial charge in [-0.05, 0) is 79.1 Å². The first-order valence-electron chi connectivity index (χ1n) is 17.5. The summed E-state index contributed by atoms with van der Waals surface area (Å²) in [5.41, 5.74) is 3.81. The van der Waals surface area contributed by atoms with E-state index in [4.69, 9.17) is 14.0 Å². The minimum Gasteiger partial charge on any atom is -0.490 e. The molecule has 53 heavy (non-hydrogen) atoms. The monoisotopic (exact) mass is 712 g/mol. The normalized spacial score (nSPS) is 19.8. The lowest BCUT2D eigenvalue weighted by Crippen LogP contribution is -2.54. The predicted molar refractivity (Wildman–Crippen MR) is 192 cm³/mol. The van der Waals surface area contributed by atoms with Crippen LogP contribution < -0.4 is 20.1 Å². The van der Waals surface area contributed by atoms with Crippen molar-refractivity contribution in [3.63, 3.8) is 0 Å². The van der Waals surface area contributed by atoms with Crippen molar-refractivity contribution in [3.05, 3.63) is 113 Å². The molecule has 3 aromatic carbocycles. The van der Waals surface area contributed by atoms with Crippen molar-refractivity contribution in [3.8, 4) is 28.8 Å². The van der Waals surface area contributed by atoms with E-state index in [0.29, 0.717) is 34.6 Å². The lowest BCUT2D eigenvalue weighted by molar-refractivity contribution is -0.136. The van der Waals surface area contributed by atoms with Crippen LogP contribution in [0, 0.1) is 6.92 Å². The molecule has 1 unspecified atom stereocenters. The van der Waals surface area contributed by atoms with Gasteiger partial charge >= 0.3 is 0 Å². The molecule has 2 fully saturated rings. The molecule has 0 radical (unpaired) electrons. The molecule has 13 nitrogen and oxygen atoms in total. The largest absolute Gasteiger partial charge is 0.490 e. The highest BCUT2D eigenvalue weighted by Crippen LogP contribution is 2.36. The van der Waals surface area contributed by atoms with E-state index in [0.717, 1.165) is 34.6 Å².